The molecule has 0 fully saturated rings. The van der Waals surface area contributed by atoms with Gasteiger partial charge in [0.1, 0.15) is 22.0 Å². The van der Waals surface area contributed by atoms with Crippen LogP contribution in [0.5, 0.6) is 0 Å². The number of hydrogen-bond acceptors (Lipinski definition) is 8. The lowest BCUT2D eigenvalue weighted by Crippen LogP contribution is -2.45. The molecule has 0 aliphatic rings. The van der Waals surface area contributed by atoms with Gasteiger partial charge in [-0.25, -0.2) is 13.2 Å². The van der Waals surface area contributed by atoms with E-state index in [0.717, 1.165) is 17.3 Å². The first-order valence-electron chi connectivity index (χ1n) is 10.7. The normalized spacial score (nSPS) is 12.3. The number of nitrogens with zero attached hydrogens (tertiary/aromatic N) is 2. The SMILES string of the molecule is CCOC(=O)c1ccc(NC(=O)C(Cc2ccccc2)NS(=O)(=O)c2cccc3nsnc23)cc1. The Morgan fingerprint density at radius 3 is 2.43 bits per heavy atom. The summed E-state index contributed by atoms with van der Waals surface area (Å²) in [7, 11) is -4.11. The maximum atomic E-state index is 13.3. The number of esters is 1. The molecule has 2 N–H and O–H groups in total. The third-order valence-corrected chi connectivity index (χ3v) is 7.14. The number of ether oxygens (including phenoxy) is 1. The number of benzene rings is 3. The number of nitrogens with one attached hydrogen (secondary N) is 2. The molecule has 9 nitrogen and oxygen atoms in total. The highest BCUT2D eigenvalue weighted by atomic mass is 32.2. The molecule has 1 heterocycles. The number of rotatable bonds is 9. The third kappa shape index (κ3) is 5.88. The molecule has 0 aliphatic heterocycles. The van der Waals surface area contributed by atoms with Crippen molar-refractivity contribution in [3.05, 3.63) is 83.9 Å². The second-order valence-corrected chi connectivity index (χ2v) is 9.75. The van der Waals surface area contributed by atoms with Gasteiger partial charge in [-0.3, -0.25) is 4.79 Å². The summed E-state index contributed by atoms with van der Waals surface area (Å²) in [5.41, 5.74) is 2.24. The van der Waals surface area contributed by atoms with Crippen LogP contribution < -0.4 is 10.0 Å². The second-order valence-electron chi connectivity index (χ2n) is 7.54. The van der Waals surface area contributed by atoms with Crippen molar-refractivity contribution >= 4 is 50.3 Å². The van der Waals surface area contributed by atoms with Crippen LogP contribution in [-0.4, -0.2) is 41.7 Å². The molecule has 0 saturated carbocycles. The van der Waals surface area contributed by atoms with E-state index in [1.54, 1.807) is 31.2 Å². The largest absolute Gasteiger partial charge is 0.462 e. The predicted molar refractivity (Wildman–Crippen MR) is 133 cm³/mol. The molecule has 0 radical (unpaired) electrons. The van der Waals surface area contributed by atoms with Crippen molar-refractivity contribution in [2.45, 2.75) is 24.3 Å². The minimum atomic E-state index is -4.11. The maximum Gasteiger partial charge on any atom is 0.338 e. The molecule has 4 aromatic rings. The fourth-order valence-corrected chi connectivity index (χ4v) is 5.38. The molecule has 0 spiro atoms. The average Bonchev–Trinajstić information content (AvgIpc) is 3.34. The zero-order chi connectivity index (χ0) is 24.8. The number of anilines is 1. The van der Waals surface area contributed by atoms with Gasteiger partial charge < -0.3 is 10.1 Å². The summed E-state index contributed by atoms with van der Waals surface area (Å²) in [5.74, 6) is -1.02. The quantitative estimate of drug-likeness (QED) is 0.330. The highest BCUT2D eigenvalue weighted by molar-refractivity contribution is 7.89. The Morgan fingerprint density at radius 1 is 0.971 bits per heavy atom. The molecule has 0 aliphatic carbocycles. The van der Waals surface area contributed by atoms with Gasteiger partial charge in [0.2, 0.25) is 15.9 Å². The van der Waals surface area contributed by atoms with Crippen molar-refractivity contribution in [2.75, 3.05) is 11.9 Å². The van der Waals surface area contributed by atoms with E-state index in [4.69, 9.17) is 4.74 Å². The Kier molecular flexibility index (Phi) is 7.49. The molecule has 0 saturated heterocycles. The minimum absolute atomic E-state index is 0.0478. The van der Waals surface area contributed by atoms with Crippen LogP contribution in [0.4, 0.5) is 5.69 Å². The topological polar surface area (TPSA) is 127 Å². The number of amides is 1. The summed E-state index contributed by atoms with van der Waals surface area (Å²) in [6.07, 6.45) is 0.123. The van der Waals surface area contributed by atoms with Crippen LogP contribution in [0.2, 0.25) is 0 Å². The summed E-state index contributed by atoms with van der Waals surface area (Å²) < 4.78 is 42.2. The molecular weight excluding hydrogens is 488 g/mol. The molecule has 4 rings (SSSR count). The van der Waals surface area contributed by atoms with E-state index in [-0.39, 0.29) is 23.4 Å². The van der Waals surface area contributed by atoms with Crippen molar-refractivity contribution in [1.29, 1.82) is 0 Å². The molecule has 1 aromatic heterocycles. The summed E-state index contributed by atoms with van der Waals surface area (Å²) in [5, 5.41) is 2.72. The van der Waals surface area contributed by atoms with E-state index in [1.165, 1.54) is 18.2 Å². The minimum Gasteiger partial charge on any atom is -0.462 e. The lowest BCUT2D eigenvalue weighted by atomic mass is 10.1. The zero-order valence-corrected chi connectivity index (χ0v) is 20.3. The van der Waals surface area contributed by atoms with Gasteiger partial charge in [-0.15, -0.1) is 0 Å². The molecule has 0 bridgehead atoms. The molecular formula is C24H22N4O5S2. The van der Waals surface area contributed by atoms with Crippen molar-refractivity contribution in [2.24, 2.45) is 0 Å². The van der Waals surface area contributed by atoms with E-state index in [0.29, 0.717) is 16.8 Å². The first-order chi connectivity index (χ1) is 16.9. The van der Waals surface area contributed by atoms with Crippen LogP contribution >= 0.6 is 11.7 Å². The fraction of sp³-hybridized carbons (Fsp3) is 0.167. The van der Waals surface area contributed by atoms with Crippen LogP contribution in [0.1, 0.15) is 22.8 Å². The monoisotopic (exact) mass is 510 g/mol. The summed E-state index contributed by atoms with van der Waals surface area (Å²) in [4.78, 5) is 25.0. The number of hydrogen-bond donors (Lipinski definition) is 2. The molecule has 3 aromatic carbocycles. The number of carbonyl (C=O) groups excluding carboxylic acids is 2. The van der Waals surface area contributed by atoms with Gasteiger partial charge in [-0.2, -0.15) is 13.5 Å². The Labute approximate surface area is 206 Å². The van der Waals surface area contributed by atoms with E-state index in [1.807, 2.05) is 30.3 Å². The van der Waals surface area contributed by atoms with Crippen LogP contribution in [0.3, 0.4) is 0 Å². The van der Waals surface area contributed by atoms with Crippen molar-refractivity contribution in [3.8, 4) is 0 Å². The summed E-state index contributed by atoms with van der Waals surface area (Å²) in [6.45, 7) is 1.97. The fourth-order valence-electron chi connectivity index (χ4n) is 3.42. The van der Waals surface area contributed by atoms with Gasteiger partial charge in [-0.05, 0) is 55.3 Å². The van der Waals surface area contributed by atoms with Crippen LogP contribution in [0.15, 0.2) is 77.7 Å². The Balaban J connectivity index is 1.58. The number of sulfonamides is 1. The van der Waals surface area contributed by atoms with E-state index < -0.39 is 27.9 Å². The van der Waals surface area contributed by atoms with Crippen LogP contribution in [-0.2, 0) is 26.0 Å². The van der Waals surface area contributed by atoms with Crippen LogP contribution in [0, 0.1) is 0 Å². The third-order valence-electron chi connectivity index (χ3n) is 5.10. The van der Waals surface area contributed by atoms with E-state index in [2.05, 4.69) is 18.8 Å². The van der Waals surface area contributed by atoms with Crippen molar-refractivity contribution in [3.63, 3.8) is 0 Å². The van der Waals surface area contributed by atoms with Gasteiger partial charge in [0, 0.05) is 5.69 Å². The first-order valence-corrected chi connectivity index (χ1v) is 12.9. The molecule has 180 valence electrons. The standard InChI is InChI=1S/C24H22N4O5S2/c1-2-33-24(30)17-11-13-18(14-12-17)25-23(29)20(15-16-7-4-3-5-8-16)28-35(31,32)21-10-6-9-19-22(21)27-34-26-19/h3-14,20,28H,2,15H2,1H3,(H,25,29). The second kappa shape index (κ2) is 10.7. The smallest absolute Gasteiger partial charge is 0.338 e. The summed E-state index contributed by atoms with van der Waals surface area (Å²) >= 11 is 0.914. The lowest BCUT2D eigenvalue weighted by Gasteiger charge is -2.19. The predicted octanol–water partition coefficient (Wildman–Crippen LogP) is 3.40. The van der Waals surface area contributed by atoms with Crippen LogP contribution in [0.25, 0.3) is 11.0 Å². The molecule has 1 atom stereocenters. The van der Waals surface area contributed by atoms with E-state index >= 15 is 0 Å². The van der Waals surface area contributed by atoms with Crippen molar-refractivity contribution in [1.82, 2.24) is 13.5 Å². The van der Waals surface area contributed by atoms with E-state index in [9.17, 15) is 18.0 Å². The average molecular weight is 511 g/mol. The van der Waals surface area contributed by atoms with Gasteiger partial charge in [0.15, 0.2) is 0 Å². The molecule has 11 heteroatoms. The van der Waals surface area contributed by atoms with Gasteiger partial charge in [0.05, 0.1) is 23.9 Å². The molecule has 1 unspecified atom stereocenters. The Morgan fingerprint density at radius 2 is 1.71 bits per heavy atom. The highest BCUT2D eigenvalue weighted by Gasteiger charge is 2.28. The molecule has 35 heavy (non-hydrogen) atoms. The zero-order valence-electron chi connectivity index (χ0n) is 18.7. The highest BCUT2D eigenvalue weighted by Crippen LogP contribution is 2.22. The number of fused-ring (bicyclic) bond motifs is 1. The number of aromatic nitrogens is 2. The van der Waals surface area contributed by atoms with Gasteiger partial charge in [0.25, 0.3) is 0 Å². The first kappa shape index (κ1) is 24.5. The van der Waals surface area contributed by atoms with Crippen molar-refractivity contribution < 1.29 is 22.7 Å². The maximum absolute atomic E-state index is 13.3. The Bertz CT molecular complexity index is 1440. The van der Waals surface area contributed by atoms with Gasteiger partial charge in [-0.1, -0.05) is 36.4 Å². The summed E-state index contributed by atoms with van der Waals surface area (Å²) in [6, 6.07) is 18.8. The molecule has 1 amide bonds. The van der Waals surface area contributed by atoms with Gasteiger partial charge >= 0.3 is 5.97 Å². The Hall–Kier alpha value is -3.67. The lowest BCUT2D eigenvalue weighted by molar-refractivity contribution is -0.117. The number of carbonyl (C=O) groups is 2.